The fourth-order valence-corrected chi connectivity index (χ4v) is 4.68. The first-order valence-corrected chi connectivity index (χ1v) is 11.3. The number of allylic oxidation sites excluding steroid dienone is 1. The van der Waals surface area contributed by atoms with E-state index in [4.69, 9.17) is 0 Å². The van der Waals surface area contributed by atoms with Crippen LogP contribution in [0.3, 0.4) is 0 Å². The highest BCUT2D eigenvalue weighted by Gasteiger charge is 2.15. The van der Waals surface area contributed by atoms with Gasteiger partial charge in [-0.15, -0.1) is 16.8 Å². The van der Waals surface area contributed by atoms with Crippen LogP contribution in [0.15, 0.2) is 77.2 Å². The third-order valence-corrected chi connectivity index (χ3v) is 6.51. The summed E-state index contributed by atoms with van der Waals surface area (Å²) in [5, 5.41) is 13.1. The number of benzene rings is 2. The number of carbonyl (C=O) groups excluding carboxylic acids is 1. The Labute approximate surface area is 186 Å². The number of carbonyl (C=O) groups is 1. The van der Waals surface area contributed by atoms with Gasteiger partial charge in [0.05, 0.1) is 16.7 Å². The molecule has 1 N–H and O–H groups in total. The van der Waals surface area contributed by atoms with Crippen LogP contribution in [0, 0.1) is 0 Å². The molecule has 2 heterocycles. The van der Waals surface area contributed by atoms with E-state index < -0.39 is 0 Å². The molecule has 4 aromatic rings. The summed E-state index contributed by atoms with van der Waals surface area (Å²) in [5.74, 6) is 0.191. The average Bonchev–Trinajstić information content (AvgIpc) is 3.28. The molecule has 0 saturated heterocycles. The lowest BCUT2D eigenvalue weighted by Crippen LogP contribution is -2.22. The van der Waals surface area contributed by atoms with Crippen molar-refractivity contribution in [2.24, 2.45) is 0 Å². The van der Waals surface area contributed by atoms with Crippen LogP contribution in [0.4, 0.5) is 0 Å². The number of hydrogen-bond acceptors (Lipinski definition) is 7. The second-order valence-electron chi connectivity index (χ2n) is 6.57. The molecule has 0 atom stereocenters. The molecular formula is C22H19N5O2S2. The van der Waals surface area contributed by atoms with Gasteiger partial charge in [0.2, 0.25) is 5.01 Å². The second kappa shape index (κ2) is 9.67. The van der Waals surface area contributed by atoms with Crippen molar-refractivity contribution in [3.05, 3.63) is 93.2 Å². The van der Waals surface area contributed by atoms with Gasteiger partial charge in [-0.1, -0.05) is 71.6 Å². The number of fused-ring (bicyclic) bond motifs is 1. The van der Waals surface area contributed by atoms with Crippen LogP contribution in [0.5, 0.6) is 0 Å². The normalized spacial score (nSPS) is 10.8. The molecule has 0 aliphatic rings. The third-order valence-electron chi connectivity index (χ3n) is 4.42. The Kier molecular flexibility index (Phi) is 6.54. The van der Waals surface area contributed by atoms with E-state index in [0.29, 0.717) is 44.9 Å². The number of hydrogen-bond donors (Lipinski definition) is 1. The lowest BCUT2D eigenvalue weighted by molar-refractivity contribution is 0.0950. The van der Waals surface area contributed by atoms with Crippen molar-refractivity contribution in [3.8, 4) is 0 Å². The highest BCUT2D eigenvalue weighted by Crippen LogP contribution is 2.24. The predicted molar refractivity (Wildman–Crippen MR) is 123 cm³/mol. The molecule has 156 valence electrons. The SMILES string of the molecule is C=CCn1c(SCc2nnc(C(=O)NCc3ccccc3)s2)nc2ccccc2c1=O. The van der Waals surface area contributed by atoms with Gasteiger partial charge in [-0.25, -0.2) is 4.98 Å². The Morgan fingerprint density at radius 2 is 1.90 bits per heavy atom. The van der Waals surface area contributed by atoms with E-state index >= 15 is 0 Å². The molecule has 0 aliphatic carbocycles. The fourth-order valence-electron chi connectivity index (χ4n) is 2.93. The molecule has 2 aromatic carbocycles. The van der Waals surface area contributed by atoms with Gasteiger partial charge >= 0.3 is 0 Å². The number of aromatic nitrogens is 4. The highest BCUT2D eigenvalue weighted by atomic mass is 32.2. The standard InChI is InChI=1S/C22H19N5O2S2/c1-2-12-27-21(29)16-10-6-7-11-17(16)24-22(27)30-14-18-25-26-20(31-18)19(28)23-13-15-8-4-3-5-9-15/h2-11H,1,12-14H2,(H,23,28). The number of rotatable bonds is 8. The maximum atomic E-state index is 12.8. The van der Waals surface area contributed by atoms with Crippen molar-refractivity contribution in [1.82, 2.24) is 25.1 Å². The van der Waals surface area contributed by atoms with E-state index in [-0.39, 0.29) is 11.5 Å². The minimum Gasteiger partial charge on any atom is -0.346 e. The van der Waals surface area contributed by atoms with Gasteiger partial charge in [0, 0.05) is 13.1 Å². The van der Waals surface area contributed by atoms with Gasteiger partial charge in [-0.3, -0.25) is 14.2 Å². The molecule has 0 aliphatic heterocycles. The summed E-state index contributed by atoms with van der Waals surface area (Å²) in [6.07, 6.45) is 1.67. The maximum Gasteiger partial charge on any atom is 0.282 e. The van der Waals surface area contributed by atoms with Gasteiger partial charge in [-0.2, -0.15) is 0 Å². The van der Waals surface area contributed by atoms with E-state index in [1.165, 1.54) is 23.1 Å². The van der Waals surface area contributed by atoms with E-state index in [9.17, 15) is 9.59 Å². The molecule has 2 aromatic heterocycles. The molecule has 0 radical (unpaired) electrons. The number of nitrogens with one attached hydrogen (secondary N) is 1. The molecule has 31 heavy (non-hydrogen) atoms. The van der Waals surface area contributed by atoms with Crippen molar-refractivity contribution in [2.75, 3.05) is 0 Å². The molecular weight excluding hydrogens is 430 g/mol. The summed E-state index contributed by atoms with van der Waals surface area (Å²) < 4.78 is 1.59. The largest absolute Gasteiger partial charge is 0.346 e. The molecule has 0 spiro atoms. The van der Waals surface area contributed by atoms with Gasteiger partial charge in [0.15, 0.2) is 5.16 Å². The van der Waals surface area contributed by atoms with Crippen molar-refractivity contribution in [1.29, 1.82) is 0 Å². The molecule has 4 rings (SSSR count). The number of para-hydroxylation sites is 1. The van der Waals surface area contributed by atoms with E-state index in [1.54, 1.807) is 16.7 Å². The number of amides is 1. The zero-order chi connectivity index (χ0) is 21.6. The fraction of sp³-hybridized carbons (Fsp3) is 0.136. The monoisotopic (exact) mass is 449 g/mol. The van der Waals surface area contributed by atoms with Crippen LogP contribution in [0.25, 0.3) is 10.9 Å². The topological polar surface area (TPSA) is 89.8 Å². The smallest absolute Gasteiger partial charge is 0.282 e. The minimum absolute atomic E-state index is 0.105. The van der Waals surface area contributed by atoms with Gasteiger partial charge < -0.3 is 5.32 Å². The molecule has 0 fully saturated rings. The van der Waals surface area contributed by atoms with E-state index in [2.05, 4.69) is 27.1 Å². The lowest BCUT2D eigenvalue weighted by atomic mass is 10.2. The van der Waals surface area contributed by atoms with Gasteiger partial charge in [-0.05, 0) is 17.7 Å². The number of thioether (sulfide) groups is 1. The second-order valence-corrected chi connectivity index (χ2v) is 8.58. The molecule has 0 bridgehead atoms. The Bertz CT molecular complexity index is 1280. The van der Waals surface area contributed by atoms with E-state index in [1.807, 2.05) is 48.5 Å². The van der Waals surface area contributed by atoms with Crippen molar-refractivity contribution in [2.45, 2.75) is 24.0 Å². The predicted octanol–water partition coefficient (Wildman–Crippen LogP) is 3.66. The Morgan fingerprint density at radius 3 is 2.71 bits per heavy atom. The van der Waals surface area contributed by atoms with Gasteiger partial charge in [0.25, 0.3) is 11.5 Å². The average molecular weight is 450 g/mol. The summed E-state index contributed by atoms with van der Waals surface area (Å²) in [7, 11) is 0. The zero-order valence-electron chi connectivity index (χ0n) is 16.5. The van der Waals surface area contributed by atoms with Crippen molar-refractivity contribution in [3.63, 3.8) is 0 Å². The first-order valence-electron chi connectivity index (χ1n) is 9.53. The Balaban J connectivity index is 1.46. The Hall–Kier alpha value is -3.30. The first kappa shape index (κ1) is 21.0. The van der Waals surface area contributed by atoms with Crippen molar-refractivity contribution < 1.29 is 4.79 Å². The van der Waals surface area contributed by atoms with E-state index in [0.717, 1.165) is 5.56 Å². The molecule has 9 heteroatoms. The summed E-state index contributed by atoms with van der Waals surface area (Å²) in [6, 6.07) is 16.9. The summed E-state index contributed by atoms with van der Waals surface area (Å²) in [6.45, 7) is 4.53. The first-order chi connectivity index (χ1) is 15.2. The molecule has 7 nitrogen and oxygen atoms in total. The Morgan fingerprint density at radius 1 is 1.13 bits per heavy atom. The lowest BCUT2D eigenvalue weighted by Gasteiger charge is -2.10. The highest BCUT2D eigenvalue weighted by molar-refractivity contribution is 7.98. The maximum absolute atomic E-state index is 12.8. The van der Waals surface area contributed by atoms with Crippen LogP contribution in [-0.4, -0.2) is 25.7 Å². The minimum atomic E-state index is -0.259. The zero-order valence-corrected chi connectivity index (χ0v) is 18.2. The molecule has 0 unspecified atom stereocenters. The molecule has 1 amide bonds. The number of nitrogens with zero attached hydrogens (tertiary/aromatic N) is 4. The van der Waals surface area contributed by atoms with Gasteiger partial charge in [0.1, 0.15) is 5.01 Å². The summed E-state index contributed by atoms with van der Waals surface area (Å²) in [4.78, 5) is 29.8. The van der Waals surface area contributed by atoms with Crippen LogP contribution >= 0.6 is 23.1 Å². The van der Waals surface area contributed by atoms with Crippen molar-refractivity contribution >= 4 is 39.9 Å². The molecule has 0 saturated carbocycles. The third kappa shape index (κ3) is 4.89. The van der Waals surface area contributed by atoms with Crippen LogP contribution in [0.1, 0.15) is 20.4 Å². The van der Waals surface area contributed by atoms with Crippen LogP contribution in [0.2, 0.25) is 0 Å². The quantitative estimate of drug-likeness (QED) is 0.251. The van der Waals surface area contributed by atoms with Crippen LogP contribution in [-0.2, 0) is 18.8 Å². The van der Waals surface area contributed by atoms with Crippen LogP contribution < -0.4 is 10.9 Å². The summed E-state index contributed by atoms with van der Waals surface area (Å²) >= 11 is 2.62. The summed E-state index contributed by atoms with van der Waals surface area (Å²) in [5.41, 5.74) is 1.55.